The minimum atomic E-state index is -3.59. The van der Waals surface area contributed by atoms with E-state index < -0.39 is 31.4 Å². The van der Waals surface area contributed by atoms with E-state index in [1.807, 2.05) is 37.3 Å². The number of benzene rings is 1. The van der Waals surface area contributed by atoms with Gasteiger partial charge in [-0.25, -0.2) is 4.79 Å². The summed E-state index contributed by atoms with van der Waals surface area (Å²) >= 11 is 0. The number of hydrogen-bond acceptors (Lipinski definition) is 3. The Morgan fingerprint density at radius 2 is 1.84 bits per heavy atom. The van der Waals surface area contributed by atoms with Gasteiger partial charge < -0.3 is 15.3 Å². The number of aryl methyl sites for hydroxylation is 1. The zero-order valence-electron chi connectivity index (χ0n) is 14.7. The number of unbranched alkanes of at least 4 members (excludes halogenated alkanes) is 2. The van der Waals surface area contributed by atoms with Crippen molar-refractivity contribution in [3.63, 3.8) is 0 Å². The number of carbonyl (C=O) groups is 2. The molecule has 0 bridgehead atoms. The van der Waals surface area contributed by atoms with E-state index in [2.05, 4.69) is 5.32 Å². The second-order valence-electron chi connectivity index (χ2n) is 6.27. The molecule has 25 heavy (non-hydrogen) atoms. The second kappa shape index (κ2) is 11.1. The first-order valence-electron chi connectivity index (χ1n) is 8.71. The van der Waals surface area contributed by atoms with Crippen LogP contribution in [-0.4, -0.2) is 40.2 Å². The minimum absolute atomic E-state index is 0.0694. The van der Waals surface area contributed by atoms with Crippen LogP contribution in [0.2, 0.25) is 0 Å². The average molecular weight is 369 g/mol. The fourth-order valence-electron chi connectivity index (χ4n) is 2.54. The van der Waals surface area contributed by atoms with Crippen LogP contribution in [0.5, 0.6) is 0 Å². The summed E-state index contributed by atoms with van der Waals surface area (Å²) in [4.78, 5) is 32.9. The van der Waals surface area contributed by atoms with E-state index in [4.69, 9.17) is 5.11 Å². The van der Waals surface area contributed by atoms with Crippen molar-refractivity contribution >= 4 is 19.2 Å². The zero-order valence-corrected chi connectivity index (χ0v) is 15.6. The lowest BCUT2D eigenvalue weighted by Crippen LogP contribution is -2.42. The van der Waals surface area contributed by atoms with Crippen molar-refractivity contribution < 1.29 is 24.2 Å². The van der Waals surface area contributed by atoms with Gasteiger partial charge in [0, 0.05) is 6.16 Å². The number of amides is 1. The molecule has 0 radical (unpaired) electrons. The van der Waals surface area contributed by atoms with Crippen LogP contribution in [0.4, 0.5) is 0 Å². The molecule has 0 heterocycles. The molecular formula is C18H28NO5P. The minimum Gasteiger partial charge on any atom is -0.480 e. The van der Waals surface area contributed by atoms with Gasteiger partial charge in [-0.05, 0) is 31.2 Å². The average Bonchev–Trinajstić information content (AvgIpc) is 2.55. The van der Waals surface area contributed by atoms with Crippen molar-refractivity contribution in [1.29, 1.82) is 0 Å². The molecule has 140 valence electrons. The second-order valence-corrected chi connectivity index (χ2v) is 8.73. The van der Waals surface area contributed by atoms with Gasteiger partial charge in [-0.3, -0.25) is 9.36 Å². The molecule has 2 atom stereocenters. The van der Waals surface area contributed by atoms with Crippen LogP contribution in [0.25, 0.3) is 0 Å². The molecule has 0 saturated heterocycles. The van der Waals surface area contributed by atoms with Crippen molar-refractivity contribution in [2.45, 2.75) is 51.5 Å². The van der Waals surface area contributed by atoms with E-state index in [0.717, 1.165) is 19.3 Å². The van der Waals surface area contributed by atoms with Crippen molar-refractivity contribution in [3.8, 4) is 0 Å². The summed E-state index contributed by atoms with van der Waals surface area (Å²) in [5.41, 5.74) is 1.17. The fourth-order valence-corrected chi connectivity index (χ4v) is 3.96. The van der Waals surface area contributed by atoms with Gasteiger partial charge in [-0.15, -0.1) is 0 Å². The Kier molecular flexibility index (Phi) is 9.46. The maximum atomic E-state index is 12.1. The molecule has 0 fully saturated rings. The Morgan fingerprint density at radius 3 is 2.44 bits per heavy atom. The van der Waals surface area contributed by atoms with Gasteiger partial charge in [0.1, 0.15) is 12.2 Å². The largest absolute Gasteiger partial charge is 0.480 e. The molecular weight excluding hydrogens is 341 g/mol. The Hall–Kier alpha value is -1.65. The highest BCUT2D eigenvalue weighted by molar-refractivity contribution is 7.58. The van der Waals surface area contributed by atoms with Crippen LogP contribution in [-0.2, 0) is 20.6 Å². The van der Waals surface area contributed by atoms with E-state index in [-0.39, 0.29) is 6.16 Å². The number of carboxylic acid groups (broad SMARTS) is 1. The third-order valence-electron chi connectivity index (χ3n) is 3.94. The summed E-state index contributed by atoms with van der Waals surface area (Å²) in [6.07, 6.45) is 3.51. The zero-order chi connectivity index (χ0) is 18.7. The van der Waals surface area contributed by atoms with Gasteiger partial charge in [0.2, 0.25) is 13.3 Å². The summed E-state index contributed by atoms with van der Waals surface area (Å²) in [6.45, 7) is 1.93. The Bertz CT molecular complexity index is 590. The first kappa shape index (κ1) is 21.4. The molecule has 1 rings (SSSR count). The monoisotopic (exact) mass is 369 g/mol. The Balaban J connectivity index is 2.35. The molecule has 0 aliphatic carbocycles. The molecule has 0 saturated carbocycles. The lowest BCUT2D eigenvalue weighted by atomic mass is 10.1. The van der Waals surface area contributed by atoms with E-state index >= 15 is 0 Å². The molecule has 7 heteroatoms. The smallest absolute Gasteiger partial charge is 0.326 e. The van der Waals surface area contributed by atoms with Crippen LogP contribution in [0.1, 0.15) is 44.6 Å². The van der Waals surface area contributed by atoms with Crippen molar-refractivity contribution in [1.82, 2.24) is 5.32 Å². The number of carbonyl (C=O) groups excluding carboxylic acids is 1. The molecule has 1 unspecified atom stereocenters. The molecule has 0 spiro atoms. The lowest BCUT2D eigenvalue weighted by Gasteiger charge is -2.16. The normalized spacial score (nSPS) is 14.5. The summed E-state index contributed by atoms with van der Waals surface area (Å²) in [5, 5.41) is 11.4. The predicted molar refractivity (Wildman–Crippen MR) is 98.0 cm³/mol. The Labute approximate surface area is 149 Å². The van der Waals surface area contributed by atoms with E-state index in [9.17, 15) is 19.0 Å². The van der Waals surface area contributed by atoms with Gasteiger partial charge in [-0.1, -0.05) is 50.1 Å². The summed E-state index contributed by atoms with van der Waals surface area (Å²) < 4.78 is 12.1. The highest BCUT2D eigenvalue weighted by Gasteiger charge is 2.26. The van der Waals surface area contributed by atoms with Crippen LogP contribution in [0.3, 0.4) is 0 Å². The van der Waals surface area contributed by atoms with Crippen LogP contribution in [0.15, 0.2) is 30.3 Å². The highest BCUT2D eigenvalue weighted by atomic mass is 31.2. The maximum absolute atomic E-state index is 12.1. The molecule has 6 nitrogen and oxygen atoms in total. The number of rotatable bonds is 12. The molecule has 1 amide bonds. The maximum Gasteiger partial charge on any atom is 0.326 e. The van der Waals surface area contributed by atoms with Gasteiger partial charge in [0.05, 0.1) is 0 Å². The first-order chi connectivity index (χ1) is 11.8. The van der Waals surface area contributed by atoms with E-state index in [1.165, 1.54) is 5.56 Å². The molecule has 0 aliphatic heterocycles. The number of hydrogen-bond donors (Lipinski definition) is 3. The standard InChI is InChI=1S/C18H28NO5P/c1-2-3-12-16(18(21)22)19-17(20)14-25(23,24)13-8-7-11-15-9-5-4-6-10-15/h4-6,9-10,16H,2-3,7-8,11-14H2,1H3,(H,19,20)(H,21,22)(H,23,24)/t16-/m0/s1. The third kappa shape index (κ3) is 9.42. The lowest BCUT2D eigenvalue weighted by molar-refractivity contribution is -0.141. The van der Waals surface area contributed by atoms with Crippen LogP contribution in [0, 0.1) is 0 Å². The van der Waals surface area contributed by atoms with Gasteiger partial charge in [0.15, 0.2) is 0 Å². The molecule has 3 N–H and O–H groups in total. The Morgan fingerprint density at radius 1 is 1.16 bits per heavy atom. The molecule has 1 aromatic carbocycles. The van der Waals surface area contributed by atoms with Crippen molar-refractivity contribution in [2.75, 3.05) is 12.3 Å². The molecule has 0 aliphatic rings. The van der Waals surface area contributed by atoms with E-state index in [1.54, 1.807) is 0 Å². The quantitative estimate of drug-likeness (QED) is 0.388. The SMILES string of the molecule is CCCC[C@H](NC(=O)CP(=O)(O)CCCCc1ccccc1)C(=O)O. The van der Waals surface area contributed by atoms with Gasteiger partial charge >= 0.3 is 5.97 Å². The van der Waals surface area contributed by atoms with E-state index in [0.29, 0.717) is 19.3 Å². The number of aliphatic carboxylic acids is 1. The van der Waals surface area contributed by atoms with Crippen LogP contribution >= 0.6 is 7.37 Å². The van der Waals surface area contributed by atoms with Crippen molar-refractivity contribution in [2.24, 2.45) is 0 Å². The topological polar surface area (TPSA) is 104 Å². The molecule has 0 aromatic heterocycles. The molecule has 1 aromatic rings. The first-order valence-corrected chi connectivity index (χ1v) is 10.7. The van der Waals surface area contributed by atoms with Gasteiger partial charge in [0.25, 0.3) is 0 Å². The fraction of sp³-hybridized carbons (Fsp3) is 0.556. The summed E-state index contributed by atoms with van der Waals surface area (Å²) in [7, 11) is -3.59. The predicted octanol–water partition coefficient (Wildman–Crippen LogP) is 3.04. The van der Waals surface area contributed by atoms with Gasteiger partial charge in [-0.2, -0.15) is 0 Å². The van der Waals surface area contributed by atoms with Crippen molar-refractivity contribution in [3.05, 3.63) is 35.9 Å². The number of nitrogens with one attached hydrogen (secondary N) is 1. The summed E-state index contributed by atoms with van der Waals surface area (Å²) in [5.74, 6) is -1.78. The third-order valence-corrected chi connectivity index (χ3v) is 5.73. The number of carboxylic acids is 1. The summed E-state index contributed by atoms with van der Waals surface area (Å²) in [6, 6.07) is 8.87. The van der Waals surface area contributed by atoms with Crippen LogP contribution < -0.4 is 5.32 Å². The highest BCUT2D eigenvalue weighted by Crippen LogP contribution is 2.41.